The van der Waals surface area contributed by atoms with Gasteiger partial charge in [-0.05, 0) is 37.5 Å². The zero-order chi connectivity index (χ0) is 16.8. The molecule has 1 aliphatic rings. The third kappa shape index (κ3) is 5.24. The lowest BCUT2D eigenvalue weighted by Crippen LogP contribution is -2.50. The normalized spacial score (nSPS) is 16.2. The molecule has 0 N–H and O–H groups in total. The van der Waals surface area contributed by atoms with Crippen LogP contribution in [0.2, 0.25) is 0 Å². The molecule has 1 heterocycles. The number of nitrogens with zero attached hydrogens (tertiary/aromatic N) is 2. The number of hydrogen-bond donors (Lipinski definition) is 0. The van der Waals surface area contributed by atoms with Gasteiger partial charge >= 0.3 is 0 Å². The van der Waals surface area contributed by atoms with Crippen LogP contribution in [0.15, 0.2) is 24.3 Å². The summed E-state index contributed by atoms with van der Waals surface area (Å²) < 4.78 is 5.70. The summed E-state index contributed by atoms with van der Waals surface area (Å²) in [6, 6.07) is 8.71. The Morgan fingerprint density at radius 1 is 1.04 bits per heavy atom. The molecule has 4 nitrogen and oxygen atoms in total. The fourth-order valence-corrected chi connectivity index (χ4v) is 2.85. The first-order valence-corrected chi connectivity index (χ1v) is 8.72. The molecule has 1 aromatic carbocycles. The van der Waals surface area contributed by atoms with Crippen molar-refractivity contribution in [1.82, 2.24) is 9.80 Å². The van der Waals surface area contributed by atoms with Crippen LogP contribution in [0, 0.1) is 0 Å². The van der Waals surface area contributed by atoms with Crippen LogP contribution < -0.4 is 4.74 Å². The molecule has 0 aliphatic carbocycles. The van der Waals surface area contributed by atoms with Crippen molar-refractivity contribution in [1.29, 1.82) is 0 Å². The van der Waals surface area contributed by atoms with Crippen LogP contribution in [-0.4, -0.2) is 54.5 Å². The maximum atomic E-state index is 12.2. The lowest BCUT2D eigenvalue weighted by molar-refractivity contribution is -0.133. The molecule has 1 amide bonds. The number of carbonyl (C=O) groups is 1. The van der Waals surface area contributed by atoms with E-state index in [-0.39, 0.29) is 5.91 Å². The van der Waals surface area contributed by atoms with Crippen molar-refractivity contribution >= 4 is 5.91 Å². The molecular formula is C19H30N2O2. The van der Waals surface area contributed by atoms with Gasteiger partial charge in [-0.25, -0.2) is 0 Å². The summed E-state index contributed by atoms with van der Waals surface area (Å²) >= 11 is 0. The van der Waals surface area contributed by atoms with Gasteiger partial charge in [-0.15, -0.1) is 0 Å². The van der Waals surface area contributed by atoms with E-state index in [4.69, 9.17) is 4.74 Å². The van der Waals surface area contributed by atoms with Crippen LogP contribution >= 0.6 is 0 Å². The highest BCUT2D eigenvalue weighted by molar-refractivity contribution is 5.76. The Bertz CT molecular complexity index is 489. The van der Waals surface area contributed by atoms with Crippen molar-refractivity contribution in [2.45, 2.75) is 46.1 Å². The standard InChI is InChI=1S/C19H30N2O2/c1-15(2)17-5-7-18(8-6-17)23-14-9-19(22)21-12-10-20(11-13-21)16(3)4/h5-8,15-16H,9-14H2,1-4H3. The molecule has 1 fully saturated rings. The average Bonchev–Trinajstić information content (AvgIpc) is 2.55. The molecule has 0 bridgehead atoms. The molecule has 128 valence electrons. The Labute approximate surface area is 140 Å². The van der Waals surface area contributed by atoms with E-state index in [1.54, 1.807) is 0 Å². The summed E-state index contributed by atoms with van der Waals surface area (Å²) in [6.45, 7) is 12.8. The number of hydrogen-bond acceptors (Lipinski definition) is 3. The van der Waals surface area contributed by atoms with E-state index in [2.05, 4.69) is 44.7 Å². The molecule has 0 atom stereocenters. The smallest absolute Gasteiger partial charge is 0.226 e. The second-order valence-electron chi connectivity index (χ2n) is 6.83. The van der Waals surface area contributed by atoms with Crippen molar-refractivity contribution < 1.29 is 9.53 Å². The first kappa shape index (κ1) is 17.8. The largest absolute Gasteiger partial charge is 0.493 e. The second kappa shape index (κ2) is 8.34. The van der Waals surface area contributed by atoms with Gasteiger partial charge in [0.15, 0.2) is 0 Å². The fraction of sp³-hybridized carbons (Fsp3) is 0.632. The molecule has 0 aromatic heterocycles. The maximum Gasteiger partial charge on any atom is 0.226 e. The van der Waals surface area contributed by atoms with Crippen LogP contribution in [0.5, 0.6) is 5.75 Å². The lowest BCUT2D eigenvalue weighted by Gasteiger charge is -2.37. The molecule has 1 aromatic rings. The quantitative estimate of drug-likeness (QED) is 0.808. The van der Waals surface area contributed by atoms with Crippen molar-refractivity contribution in [3.63, 3.8) is 0 Å². The molecule has 23 heavy (non-hydrogen) atoms. The van der Waals surface area contributed by atoms with Crippen LogP contribution in [0.4, 0.5) is 0 Å². The number of carbonyl (C=O) groups excluding carboxylic acids is 1. The first-order valence-electron chi connectivity index (χ1n) is 8.72. The third-order valence-electron chi connectivity index (χ3n) is 4.53. The van der Waals surface area contributed by atoms with Gasteiger partial charge < -0.3 is 9.64 Å². The summed E-state index contributed by atoms with van der Waals surface area (Å²) in [7, 11) is 0. The predicted octanol–water partition coefficient (Wildman–Crippen LogP) is 3.13. The van der Waals surface area contributed by atoms with Crippen molar-refractivity contribution in [2.24, 2.45) is 0 Å². The maximum absolute atomic E-state index is 12.2. The third-order valence-corrected chi connectivity index (χ3v) is 4.53. The molecular weight excluding hydrogens is 288 g/mol. The molecule has 1 aliphatic heterocycles. The van der Waals surface area contributed by atoms with E-state index in [9.17, 15) is 4.79 Å². The molecule has 0 saturated carbocycles. The molecule has 0 spiro atoms. The number of amides is 1. The van der Waals surface area contributed by atoms with Crippen LogP contribution in [0.3, 0.4) is 0 Å². The second-order valence-corrected chi connectivity index (χ2v) is 6.83. The highest BCUT2D eigenvalue weighted by Gasteiger charge is 2.22. The zero-order valence-corrected chi connectivity index (χ0v) is 14.9. The molecule has 0 radical (unpaired) electrons. The van der Waals surface area contributed by atoms with E-state index in [0.717, 1.165) is 31.9 Å². The summed E-state index contributed by atoms with van der Waals surface area (Å²) in [4.78, 5) is 16.6. The predicted molar refractivity (Wildman–Crippen MR) is 93.9 cm³/mol. The van der Waals surface area contributed by atoms with Gasteiger partial charge in [-0.1, -0.05) is 26.0 Å². The van der Waals surface area contributed by atoms with Crippen LogP contribution in [0.1, 0.15) is 45.6 Å². The Morgan fingerprint density at radius 3 is 2.17 bits per heavy atom. The van der Waals surface area contributed by atoms with E-state index in [1.165, 1.54) is 5.56 Å². The van der Waals surface area contributed by atoms with Gasteiger partial charge in [0.1, 0.15) is 5.75 Å². The van der Waals surface area contributed by atoms with Crippen LogP contribution in [0.25, 0.3) is 0 Å². The van der Waals surface area contributed by atoms with Gasteiger partial charge in [0.25, 0.3) is 0 Å². The summed E-state index contributed by atoms with van der Waals surface area (Å²) in [5, 5.41) is 0. The zero-order valence-electron chi connectivity index (χ0n) is 14.9. The first-order chi connectivity index (χ1) is 11.0. The highest BCUT2D eigenvalue weighted by atomic mass is 16.5. The Balaban J connectivity index is 1.71. The fourth-order valence-electron chi connectivity index (χ4n) is 2.85. The van der Waals surface area contributed by atoms with Gasteiger partial charge in [-0.2, -0.15) is 0 Å². The number of rotatable bonds is 6. The minimum atomic E-state index is 0.201. The van der Waals surface area contributed by atoms with Gasteiger partial charge in [-0.3, -0.25) is 9.69 Å². The summed E-state index contributed by atoms with van der Waals surface area (Å²) in [5.74, 6) is 1.56. The Kier molecular flexibility index (Phi) is 6.46. The van der Waals surface area contributed by atoms with Crippen molar-refractivity contribution in [3.8, 4) is 5.75 Å². The van der Waals surface area contributed by atoms with Crippen molar-refractivity contribution in [2.75, 3.05) is 32.8 Å². The molecule has 2 rings (SSSR count). The molecule has 1 saturated heterocycles. The molecule has 4 heteroatoms. The minimum absolute atomic E-state index is 0.201. The average molecular weight is 318 g/mol. The Hall–Kier alpha value is -1.55. The summed E-state index contributed by atoms with van der Waals surface area (Å²) in [5.41, 5.74) is 1.30. The molecule has 0 unspecified atom stereocenters. The summed E-state index contributed by atoms with van der Waals surface area (Å²) in [6.07, 6.45) is 0.452. The highest BCUT2D eigenvalue weighted by Crippen LogP contribution is 2.18. The number of piperazine rings is 1. The minimum Gasteiger partial charge on any atom is -0.493 e. The topological polar surface area (TPSA) is 32.8 Å². The van der Waals surface area contributed by atoms with Gasteiger partial charge in [0.2, 0.25) is 5.91 Å². The van der Waals surface area contributed by atoms with Gasteiger partial charge in [0.05, 0.1) is 13.0 Å². The number of ether oxygens (including phenoxy) is 1. The van der Waals surface area contributed by atoms with Gasteiger partial charge in [0, 0.05) is 32.2 Å². The lowest BCUT2D eigenvalue weighted by atomic mass is 10.0. The van der Waals surface area contributed by atoms with E-state index in [1.807, 2.05) is 17.0 Å². The SMILES string of the molecule is CC(C)c1ccc(OCCC(=O)N2CCN(C(C)C)CC2)cc1. The van der Waals surface area contributed by atoms with Crippen LogP contribution in [-0.2, 0) is 4.79 Å². The Morgan fingerprint density at radius 2 is 1.65 bits per heavy atom. The monoisotopic (exact) mass is 318 g/mol. The van der Waals surface area contributed by atoms with E-state index >= 15 is 0 Å². The van der Waals surface area contributed by atoms with E-state index in [0.29, 0.717) is 25.0 Å². The number of benzene rings is 1. The van der Waals surface area contributed by atoms with Crippen molar-refractivity contribution in [3.05, 3.63) is 29.8 Å². The van der Waals surface area contributed by atoms with E-state index < -0.39 is 0 Å².